The van der Waals surface area contributed by atoms with Gasteiger partial charge in [-0.05, 0) is 79.1 Å². The molecule has 0 aliphatic carbocycles. The summed E-state index contributed by atoms with van der Waals surface area (Å²) < 4.78 is 18.9. The molecule has 0 saturated carbocycles. The van der Waals surface area contributed by atoms with E-state index >= 15 is 0 Å². The maximum absolute atomic E-state index is 13.9. The van der Waals surface area contributed by atoms with E-state index in [1.807, 2.05) is 26.0 Å². The number of hydrogen-bond acceptors (Lipinski definition) is 4. The van der Waals surface area contributed by atoms with E-state index in [9.17, 15) is 14.3 Å². The third kappa shape index (κ3) is 4.20. The first-order valence-electron chi connectivity index (χ1n) is 10.0. The molecular weight excluding hydrogens is 381 g/mol. The molecule has 0 aliphatic heterocycles. The first-order chi connectivity index (χ1) is 14.2. The van der Waals surface area contributed by atoms with Gasteiger partial charge in [-0.2, -0.15) is 0 Å². The van der Waals surface area contributed by atoms with E-state index in [1.54, 1.807) is 39.0 Å². The van der Waals surface area contributed by atoms with Crippen molar-refractivity contribution in [3.63, 3.8) is 0 Å². The quantitative estimate of drug-likeness (QED) is 0.407. The van der Waals surface area contributed by atoms with E-state index in [1.165, 1.54) is 12.1 Å². The van der Waals surface area contributed by atoms with Crippen LogP contribution < -0.4 is 0 Å². The molecule has 5 heteroatoms. The lowest BCUT2D eigenvalue weighted by Crippen LogP contribution is -2.05. The number of phenolic OH excluding ortho intramolecular Hbond substituents is 1. The van der Waals surface area contributed by atoms with Crippen LogP contribution in [0.4, 0.5) is 4.39 Å². The number of hydrogen-bond donors (Lipinski definition) is 1. The number of nitrogens with zero attached hydrogens (tertiary/aromatic N) is 1. The minimum Gasteiger partial charge on any atom is -0.508 e. The van der Waals surface area contributed by atoms with Crippen LogP contribution in [-0.4, -0.2) is 22.7 Å². The van der Waals surface area contributed by atoms with Gasteiger partial charge in [0.05, 0.1) is 18.0 Å². The summed E-state index contributed by atoms with van der Waals surface area (Å²) in [6.45, 7) is 9.66. The molecule has 2 aromatic carbocycles. The summed E-state index contributed by atoms with van der Waals surface area (Å²) in [5, 5.41) is 11.7. The molecule has 1 heterocycles. The van der Waals surface area contributed by atoms with Gasteiger partial charge in [-0.3, -0.25) is 4.98 Å². The highest BCUT2D eigenvalue weighted by atomic mass is 19.1. The van der Waals surface area contributed by atoms with Crippen LogP contribution in [0, 0.1) is 12.7 Å². The van der Waals surface area contributed by atoms with Crippen LogP contribution >= 0.6 is 0 Å². The monoisotopic (exact) mass is 407 g/mol. The van der Waals surface area contributed by atoms with Crippen LogP contribution in [0.25, 0.3) is 27.5 Å². The number of aryl methyl sites for hydroxylation is 1. The number of benzene rings is 2. The third-order valence-corrected chi connectivity index (χ3v) is 5.00. The number of carbonyl (C=O) groups excluding carboxylic acids is 1. The minimum atomic E-state index is -0.436. The van der Waals surface area contributed by atoms with E-state index in [0.717, 1.165) is 27.6 Å². The Balaban J connectivity index is 2.37. The molecule has 0 bridgehead atoms. The van der Waals surface area contributed by atoms with Crippen molar-refractivity contribution >= 4 is 22.3 Å². The number of pyridine rings is 1. The minimum absolute atomic E-state index is 0.0812. The second-order valence-corrected chi connectivity index (χ2v) is 7.65. The lowest BCUT2D eigenvalue weighted by Gasteiger charge is -2.19. The summed E-state index contributed by atoms with van der Waals surface area (Å²) in [6.07, 6.45) is 1.42. The van der Waals surface area contributed by atoms with Crippen molar-refractivity contribution in [2.75, 3.05) is 6.61 Å². The van der Waals surface area contributed by atoms with Gasteiger partial charge in [0.1, 0.15) is 11.6 Å². The molecule has 0 aliphatic rings. The summed E-state index contributed by atoms with van der Waals surface area (Å²) in [5.74, 6) is -0.509. The number of halogens is 1. The normalized spacial score (nSPS) is 11.9. The van der Waals surface area contributed by atoms with Crippen LogP contribution in [0.2, 0.25) is 0 Å². The Morgan fingerprint density at radius 3 is 2.57 bits per heavy atom. The summed E-state index contributed by atoms with van der Waals surface area (Å²) >= 11 is 0. The Bertz CT molecular complexity index is 1150. The second kappa shape index (κ2) is 8.66. The van der Waals surface area contributed by atoms with Crippen LogP contribution in [0.1, 0.15) is 50.6 Å². The number of carbonyl (C=O) groups is 1. The maximum Gasteiger partial charge on any atom is 0.331 e. The number of aromatic hydroxyl groups is 1. The van der Waals surface area contributed by atoms with Gasteiger partial charge in [0.2, 0.25) is 0 Å². The zero-order chi connectivity index (χ0) is 22.0. The number of fused-ring (bicyclic) bond motifs is 1. The van der Waals surface area contributed by atoms with Crippen molar-refractivity contribution in [3.05, 3.63) is 65.2 Å². The van der Waals surface area contributed by atoms with Gasteiger partial charge in [-0.1, -0.05) is 19.9 Å². The first-order valence-corrected chi connectivity index (χ1v) is 10.0. The SMILES string of the molecule is CCOC(=O)/C=C(\C)c1nc(C(C)C)c(-c2ccc(F)c(C)c2)c2ccc(O)cc12. The van der Waals surface area contributed by atoms with Gasteiger partial charge in [0, 0.05) is 17.0 Å². The Kier molecular flexibility index (Phi) is 6.20. The number of esters is 1. The summed E-state index contributed by atoms with van der Waals surface area (Å²) in [7, 11) is 0. The molecular formula is C25H26FNO3. The molecule has 0 atom stereocenters. The van der Waals surface area contributed by atoms with E-state index in [0.29, 0.717) is 16.8 Å². The topological polar surface area (TPSA) is 59.4 Å². The molecule has 0 radical (unpaired) electrons. The van der Waals surface area contributed by atoms with Crippen molar-refractivity contribution < 1.29 is 19.0 Å². The van der Waals surface area contributed by atoms with Crippen molar-refractivity contribution in [2.45, 2.75) is 40.5 Å². The van der Waals surface area contributed by atoms with Crippen LogP contribution in [0.15, 0.2) is 42.5 Å². The highest BCUT2D eigenvalue weighted by Crippen LogP contribution is 2.39. The predicted octanol–water partition coefficient (Wildman–Crippen LogP) is 6.14. The zero-order valence-corrected chi connectivity index (χ0v) is 17.9. The Morgan fingerprint density at radius 1 is 1.20 bits per heavy atom. The van der Waals surface area contributed by atoms with Gasteiger partial charge in [-0.25, -0.2) is 9.18 Å². The fourth-order valence-corrected chi connectivity index (χ4v) is 3.57. The standard InChI is InChI=1S/C25H26FNO3/c1-6-30-22(29)12-16(5)25-20-13-18(28)8-9-19(20)23(24(27-25)14(2)3)17-7-10-21(26)15(4)11-17/h7-14,28H,6H2,1-5H3/b16-12+. The molecule has 0 amide bonds. The van der Waals surface area contributed by atoms with E-state index in [4.69, 9.17) is 9.72 Å². The highest BCUT2D eigenvalue weighted by Gasteiger charge is 2.20. The van der Waals surface area contributed by atoms with Gasteiger partial charge >= 0.3 is 5.97 Å². The second-order valence-electron chi connectivity index (χ2n) is 7.65. The average molecular weight is 407 g/mol. The van der Waals surface area contributed by atoms with Gasteiger partial charge in [0.15, 0.2) is 0 Å². The number of rotatable bonds is 5. The van der Waals surface area contributed by atoms with Crippen molar-refractivity contribution in [3.8, 4) is 16.9 Å². The fraction of sp³-hybridized carbons (Fsp3) is 0.280. The lowest BCUT2D eigenvalue weighted by atomic mass is 9.90. The van der Waals surface area contributed by atoms with E-state index in [2.05, 4.69) is 0 Å². The highest BCUT2D eigenvalue weighted by molar-refractivity contribution is 6.04. The summed E-state index contributed by atoms with van der Waals surface area (Å²) in [4.78, 5) is 16.9. The van der Waals surface area contributed by atoms with Crippen LogP contribution in [0.3, 0.4) is 0 Å². The molecule has 4 nitrogen and oxygen atoms in total. The molecule has 0 saturated heterocycles. The third-order valence-electron chi connectivity index (χ3n) is 5.00. The maximum atomic E-state index is 13.9. The molecule has 0 unspecified atom stereocenters. The van der Waals surface area contributed by atoms with Crippen molar-refractivity contribution in [1.29, 1.82) is 0 Å². The van der Waals surface area contributed by atoms with E-state index in [-0.39, 0.29) is 24.1 Å². The Morgan fingerprint density at radius 2 is 1.93 bits per heavy atom. The fourth-order valence-electron chi connectivity index (χ4n) is 3.57. The Hall–Kier alpha value is -3.21. The molecule has 0 fully saturated rings. The molecule has 3 rings (SSSR count). The van der Waals surface area contributed by atoms with E-state index < -0.39 is 5.97 Å². The van der Waals surface area contributed by atoms with Crippen molar-refractivity contribution in [1.82, 2.24) is 4.98 Å². The molecule has 1 N–H and O–H groups in total. The number of allylic oxidation sites excluding steroid dienone is 1. The van der Waals surface area contributed by atoms with Crippen molar-refractivity contribution in [2.24, 2.45) is 0 Å². The summed E-state index contributed by atoms with van der Waals surface area (Å²) in [6, 6.07) is 10.1. The molecule has 30 heavy (non-hydrogen) atoms. The first kappa shape index (κ1) is 21.5. The van der Waals surface area contributed by atoms with Gasteiger partial charge < -0.3 is 9.84 Å². The lowest BCUT2D eigenvalue weighted by molar-refractivity contribution is -0.137. The van der Waals surface area contributed by atoms with Gasteiger partial charge in [0.25, 0.3) is 0 Å². The number of ether oxygens (including phenoxy) is 1. The molecule has 1 aromatic heterocycles. The average Bonchev–Trinajstić information content (AvgIpc) is 2.68. The largest absolute Gasteiger partial charge is 0.508 e. The van der Waals surface area contributed by atoms with Gasteiger partial charge in [-0.15, -0.1) is 0 Å². The smallest absolute Gasteiger partial charge is 0.331 e. The van der Waals surface area contributed by atoms with Crippen LogP contribution in [0.5, 0.6) is 5.75 Å². The number of phenols is 1. The molecule has 3 aromatic rings. The molecule has 0 spiro atoms. The predicted molar refractivity (Wildman–Crippen MR) is 118 cm³/mol. The zero-order valence-electron chi connectivity index (χ0n) is 17.9. The summed E-state index contributed by atoms with van der Waals surface area (Å²) in [5.41, 5.74) is 4.41. The number of aromatic nitrogens is 1. The van der Waals surface area contributed by atoms with Crippen LogP contribution in [-0.2, 0) is 9.53 Å². The molecule has 156 valence electrons. The Labute approximate surface area is 176 Å².